The standard InChI is InChI=1S/C7H15ClO2/c1-2-3-7(9)6-10-5-4-8/h7,9H,2-6H2,1H3. The van der Waals surface area contributed by atoms with Crippen molar-refractivity contribution in [1.82, 2.24) is 0 Å². The molecule has 0 aromatic heterocycles. The van der Waals surface area contributed by atoms with E-state index in [0.717, 1.165) is 12.8 Å². The fraction of sp³-hybridized carbons (Fsp3) is 1.00. The van der Waals surface area contributed by atoms with Crippen molar-refractivity contribution in [3.63, 3.8) is 0 Å². The van der Waals surface area contributed by atoms with Gasteiger partial charge in [0.05, 0.1) is 19.3 Å². The van der Waals surface area contributed by atoms with Crippen LogP contribution in [0.5, 0.6) is 0 Å². The normalized spacial score (nSPS) is 13.5. The molecule has 0 aromatic rings. The summed E-state index contributed by atoms with van der Waals surface area (Å²) < 4.78 is 5.02. The SMILES string of the molecule is CCCC(O)COCCCl. The summed E-state index contributed by atoms with van der Waals surface area (Å²) in [4.78, 5) is 0. The van der Waals surface area contributed by atoms with E-state index in [4.69, 9.17) is 21.4 Å². The fourth-order valence-electron chi connectivity index (χ4n) is 0.690. The van der Waals surface area contributed by atoms with Gasteiger partial charge in [-0.15, -0.1) is 11.6 Å². The van der Waals surface area contributed by atoms with Crippen molar-refractivity contribution in [3.05, 3.63) is 0 Å². The van der Waals surface area contributed by atoms with Crippen molar-refractivity contribution in [2.24, 2.45) is 0 Å². The van der Waals surface area contributed by atoms with Gasteiger partial charge in [-0.3, -0.25) is 0 Å². The zero-order valence-corrected chi connectivity index (χ0v) is 7.10. The van der Waals surface area contributed by atoms with Crippen LogP contribution in [-0.4, -0.2) is 30.3 Å². The van der Waals surface area contributed by atoms with Crippen LogP contribution in [-0.2, 0) is 4.74 Å². The van der Waals surface area contributed by atoms with Gasteiger partial charge in [0.25, 0.3) is 0 Å². The second-order valence-electron chi connectivity index (χ2n) is 2.21. The molecule has 3 heteroatoms. The molecule has 0 saturated carbocycles. The van der Waals surface area contributed by atoms with Crippen LogP contribution in [0.4, 0.5) is 0 Å². The maximum absolute atomic E-state index is 9.11. The third kappa shape index (κ3) is 6.33. The summed E-state index contributed by atoms with van der Waals surface area (Å²) in [6.45, 7) is 2.98. The van der Waals surface area contributed by atoms with Gasteiger partial charge in [-0.2, -0.15) is 0 Å². The molecule has 0 rings (SSSR count). The maximum atomic E-state index is 9.11. The van der Waals surface area contributed by atoms with Gasteiger partial charge >= 0.3 is 0 Å². The zero-order chi connectivity index (χ0) is 7.82. The van der Waals surface area contributed by atoms with Crippen molar-refractivity contribution in [1.29, 1.82) is 0 Å². The van der Waals surface area contributed by atoms with Gasteiger partial charge in [0.2, 0.25) is 0 Å². The summed E-state index contributed by atoms with van der Waals surface area (Å²) in [7, 11) is 0. The highest BCUT2D eigenvalue weighted by atomic mass is 35.5. The largest absolute Gasteiger partial charge is 0.391 e. The monoisotopic (exact) mass is 166 g/mol. The van der Waals surface area contributed by atoms with Gasteiger partial charge in [0, 0.05) is 5.88 Å². The number of hydrogen-bond donors (Lipinski definition) is 1. The van der Waals surface area contributed by atoms with Crippen LogP contribution in [0.15, 0.2) is 0 Å². The van der Waals surface area contributed by atoms with Crippen molar-refractivity contribution in [2.75, 3.05) is 19.1 Å². The van der Waals surface area contributed by atoms with Gasteiger partial charge in [0.1, 0.15) is 0 Å². The van der Waals surface area contributed by atoms with Crippen LogP contribution in [0.1, 0.15) is 19.8 Å². The molecule has 0 radical (unpaired) electrons. The molecule has 0 fully saturated rings. The van der Waals surface area contributed by atoms with E-state index in [2.05, 4.69) is 0 Å². The molecular weight excluding hydrogens is 152 g/mol. The molecule has 1 N–H and O–H groups in total. The summed E-state index contributed by atoms with van der Waals surface area (Å²) in [5.41, 5.74) is 0. The molecule has 0 amide bonds. The van der Waals surface area contributed by atoms with Gasteiger partial charge < -0.3 is 9.84 Å². The minimum absolute atomic E-state index is 0.312. The summed E-state index contributed by atoms with van der Waals surface area (Å²) in [6.07, 6.45) is 1.49. The fourth-order valence-corrected chi connectivity index (χ4v) is 0.800. The highest BCUT2D eigenvalue weighted by molar-refractivity contribution is 6.17. The Balaban J connectivity index is 2.97. The Hall–Kier alpha value is 0.210. The average molecular weight is 167 g/mol. The lowest BCUT2D eigenvalue weighted by Gasteiger charge is -2.07. The minimum Gasteiger partial charge on any atom is -0.391 e. The van der Waals surface area contributed by atoms with Gasteiger partial charge in [-0.05, 0) is 6.42 Å². The van der Waals surface area contributed by atoms with E-state index in [0.29, 0.717) is 19.1 Å². The van der Waals surface area contributed by atoms with E-state index < -0.39 is 0 Å². The van der Waals surface area contributed by atoms with E-state index in [-0.39, 0.29) is 6.10 Å². The zero-order valence-electron chi connectivity index (χ0n) is 6.35. The summed E-state index contributed by atoms with van der Waals surface area (Å²) in [5.74, 6) is 0.499. The molecule has 0 aliphatic carbocycles. The topological polar surface area (TPSA) is 29.5 Å². The molecule has 0 heterocycles. The van der Waals surface area contributed by atoms with Crippen LogP contribution in [0.3, 0.4) is 0 Å². The molecule has 0 aromatic carbocycles. The van der Waals surface area contributed by atoms with Crippen LogP contribution in [0.2, 0.25) is 0 Å². The minimum atomic E-state index is -0.312. The van der Waals surface area contributed by atoms with Gasteiger partial charge in [-0.25, -0.2) is 0 Å². The smallest absolute Gasteiger partial charge is 0.0773 e. The number of halogens is 1. The highest BCUT2D eigenvalue weighted by Crippen LogP contribution is 1.96. The third-order valence-electron chi connectivity index (χ3n) is 1.15. The molecule has 62 valence electrons. The molecule has 2 nitrogen and oxygen atoms in total. The Kier molecular flexibility index (Phi) is 7.47. The van der Waals surface area contributed by atoms with Crippen molar-refractivity contribution in [3.8, 4) is 0 Å². The van der Waals surface area contributed by atoms with Crippen LogP contribution >= 0.6 is 11.6 Å². The molecule has 0 saturated heterocycles. The second kappa shape index (κ2) is 7.32. The molecule has 1 unspecified atom stereocenters. The second-order valence-corrected chi connectivity index (χ2v) is 2.58. The Morgan fingerprint density at radius 2 is 2.30 bits per heavy atom. The van der Waals surface area contributed by atoms with E-state index in [1.54, 1.807) is 0 Å². The summed E-state index contributed by atoms with van der Waals surface area (Å²) in [5, 5.41) is 9.11. The van der Waals surface area contributed by atoms with Crippen molar-refractivity contribution < 1.29 is 9.84 Å². The van der Waals surface area contributed by atoms with E-state index in [9.17, 15) is 0 Å². The number of aliphatic hydroxyl groups excluding tert-OH is 1. The lowest BCUT2D eigenvalue weighted by Crippen LogP contribution is -2.15. The number of hydrogen-bond acceptors (Lipinski definition) is 2. The predicted molar refractivity (Wildman–Crippen MR) is 42.5 cm³/mol. The molecular formula is C7H15ClO2. The average Bonchev–Trinajstić information content (AvgIpc) is 1.89. The number of alkyl halides is 1. The molecule has 1 atom stereocenters. The quantitative estimate of drug-likeness (QED) is 0.478. The Morgan fingerprint density at radius 1 is 1.60 bits per heavy atom. The van der Waals surface area contributed by atoms with Crippen LogP contribution < -0.4 is 0 Å². The van der Waals surface area contributed by atoms with Gasteiger partial charge in [-0.1, -0.05) is 13.3 Å². The molecule has 0 aliphatic rings. The van der Waals surface area contributed by atoms with Crippen LogP contribution in [0, 0.1) is 0 Å². The van der Waals surface area contributed by atoms with Crippen molar-refractivity contribution >= 4 is 11.6 Å². The van der Waals surface area contributed by atoms with E-state index in [1.165, 1.54) is 0 Å². The van der Waals surface area contributed by atoms with Gasteiger partial charge in [0.15, 0.2) is 0 Å². The number of ether oxygens (including phenoxy) is 1. The maximum Gasteiger partial charge on any atom is 0.0773 e. The molecule has 0 spiro atoms. The molecule has 10 heavy (non-hydrogen) atoms. The number of rotatable bonds is 6. The third-order valence-corrected chi connectivity index (χ3v) is 1.31. The Morgan fingerprint density at radius 3 is 2.80 bits per heavy atom. The van der Waals surface area contributed by atoms with Crippen LogP contribution in [0.25, 0.3) is 0 Å². The highest BCUT2D eigenvalue weighted by Gasteiger charge is 2.00. The first-order chi connectivity index (χ1) is 4.81. The Labute approximate surface area is 67.1 Å². The lowest BCUT2D eigenvalue weighted by molar-refractivity contribution is 0.0387. The first kappa shape index (κ1) is 10.2. The van der Waals surface area contributed by atoms with E-state index >= 15 is 0 Å². The lowest BCUT2D eigenvalue weighted by atomic mass is 10.2. The number of aliphatic hydroxyl groups is 1. The van der Waals surface area contributed by atoms with Crippen molar-refractivity contribution in [2.45, 2.75) is 25.9 Å². The predicted octanol–water partition coefficient (Wildman–Crippen LogP) is 1.40. The molecule has 0 aliphatic heterocycles. The first-order valence-corrected chi connectivity index (χ1v) is 4.16. The Bertz CT molecular complexity index is 68.6. The van der Waals surface area contributed by atoms with E-state index in [1.807, 2.05) is 6.92 Å². The first-order valence-electron chi connectivity index (χ1n) is 3.63. The summed E-state index contributed by atoms with van der Waals surface area (Å²) >= 11 is 5.36. The summed E-state index contributed by atoms with van der Waals surface area (Å²) in [6, 6.07) is 0. The molecule has 0 bridgehead atoms.